The Morgan fingerprint density at radius 1 is 1.09 bits per heavy atom. The van der Waals surface area contributed by atoms with Crippen molar-refractivity contribution in [3.8, 4) is 11.5 Å². The fourth-order valence-electron chi connectivity index (χ4n) is 3.38. The highest BCUT2D eigenvalue weighted by molar-refractivity contribution is 6.11. The van der Waals surface area contributed by atoms with Gasteiger partial charge in [0, 0.05) is 30.4 Å². The molecule has 0 saturated carbocycles. The largest absolute Gasteiger partial charge is 0.454 e. The van der Waals surface area contributed by atoms with Crippen molar-refractivity contribution < 1.29 is 19.2 Å². The van der Waals surface area contributed by atoms with Gasteiger partial charge in [0.15, 0.2) is 5.75 Å². The van der Waals surface area contributed by atoms with Gasteiger partial charge in [-0.2, -0.15) is 0 Å². The van der Waals surface area contributed by atoms with Gasteiger partial charge in [-0.05, 0) is 61.0 Å². The van der Waals surface area contributed by atoms with E-state index >= 15 is 0 Å². The second-order valence-electron chi connectivity index (χ2n) is 7.00. The molecule has 0 aliphatic carbocycles. The number of carbonyl (C=O) groups excluding carboxylic acids is 2. The van der Waals surface area contributed by atoms with Crippen LogP contribution in [0.15, 0.2) is 72.8 Å². The summed E-state index contributed by atoms with van der Waals surface area (Å²) in [4.78, 5) is 37.3. The molecule has 160 valence electrons. The van der Waals surface area contributed by atoms with Crippen LogP contribution < -0.4 is 15.0 Å². The lowest BCUT2D eigenvalue weighted by Gasteiger charge is -2.19. The van der Waals surface area contributed by atoms with E-state index in [1.54, 1.807) is 47.4 Å². The normalized spacial score (nSPS) is 12.5. The highest BCUT2D eigenvalue weighted by atomic mass is 16.6. The number of benzene rings is 3. The summed E-state index contributed by atoms with van der Waals surface area (Å²) in [6.45, 7) is 2.35. The third-order valence-electron chi connectivity index (χ3n) is 4.95. The molecule has 0 unspecified atom stereocenters. The minimum Gasteiger partial charge on any atom is -0.454 e. The van der Waals surface area contributed by atoms with E-state index in [0.29, 0.717) is 40.5 Å². The van der Waals surface area contributed by atoms with Crippen LogP contribution in [0.5, 0.6) is 11.5 Å². The number of carbonyl (C=O) groups is 2. The van der Waals surface area contributed by atoms with E-state index in [4.69, 9.17) is 4.74 Å². The number of ether oxygens (including phenoxy) is 1. The molecule has 3 aromatic carbocycles. The van der Waals surface area contributed by atoms with Crippen LogP contribution in [0.3, 0.4) is 0 Å². The first kappa shape index (κ1) is 20.8. The molecule has 32 heavy (non-hydrogen) atoms. The second kappa shape index (κ2) is 8.73. The van der Waals surface area contributed by atoms with Crippen LogP contribution in [0.25, 0.3) is 6.08 Å². The van der Waals surface area contributed by atoms with Crippen LogP contribution in [0.1, 0.15) is 22.8 Å². The molecule has 8 nitrogen and oxygen atoms in total. The van der Waals surface area contributed by atoms with Crippen molar-refractivity contribution in [2.75, 3.05) is 16.8 Å². The molecule has 1 aliphatic rings. The van der Waals surface area contributed by atoms with E-state index < -0.39 is 10.8 Å². The van der Waals surface area contributed by atoms with Crippen LogP contribution in [0.4, 0.5) is 17.1 Å². The summed E-state index contributed by atoms with van der Waals surface area (Å²) < 4.78 is 5.96. The Bertz CT molecular complexity index is 1230. The van der Waals surface area contributed by atoms with Gasteiger partial charge in [-0.1, -0.05) is 12.1 Å². The van der Waals surface area contributed by atoms with E-state index in [1.807, 2.05) is 25.1 Å². The lowest BCUT2D eigenvalue weighted by Crippen LogP contribution is -2.29. The summed E-state index contributed by atoms with van der Waals surface area (Å²) in [5, 5.41) is 13.4. The van der Waals surface area contributed by atoms with E-state index in [1.165, 1.54) is 18.2 Å². The second-order valence-corrected chi connectivity index (χ2v) is 7.00. The van der Waals surface area contributed by atoms with Crippen LogP contribution in [0, 0.1) is 10.1 Å². The van der Waals surface area contributed by atoms with Gasteiger partial charge in [-0.15, -0.1) is 0 Å². The lowest BCUT2D eigenvalue weighted by atomic mass is 10.1. The summed E-state index contributed by atoms with van der Waals surface area (Å²) in [7, 11) is 0. The number of nitro benzene ring substituents is 1. The monoisotopic (exact) mass is 429 g/mol. The maximum atomic E-state index is 13.1. The minimum atomic E-state index is -0.484. The Kier molecular flexibility index (Phi) is 5.67. The van der Waals surface area contributed by atoms with Crippen LogP contribution in [-0.2, 0) is 4.79 Å². The molecule has 0 aromatic heterocycles. The molecular formula is C24H19N3O5. The molecule has 3 aromatic rings. The fourth-order valence-corrected chi connectivity index (χ4v) is 3.38. The van der Waals surface area contributed by atoms with E-state index in [-0.39, 0.29) is 11.6 Å². The zero-order valence-electron chi connectivity index (χ0n) is 17.1. The zero-order chi connectivity index (χ0) is 22.7. The van der Waals surface area contributed by atoms with Crippen molar-refractivity contribution in [3.05, 3.63) is 94.0 Å². The maximum absolute atomic E-state index is 13.1. The number of amides is 2. The molecule has 0 bridgehead atoms. The Morgan fingerprint density at radius 3 is 2.56 bits per heavy atom. The Morgan fingerprint density at radius 2 is 1.84 bits per heavy atom. The van der Waals surface area contributed by atoms with Crippen molar-refractivity contribution in [1.82, 2.24) is 0 Å². The Labute approximate surface area is 183 Å². The molecule has 0 atom stereocenters. The number of fused-ring (bicyclic) bond motifs is 2. The number of anilines is 2. The van der Waals surface area contributed by atoms with Crippen molar-refractivity contribution in [2.24, 2.45) is 0 Å². The quantitative estimate of drug-likeness (QED) is 0.349. The Balaban J connectivity index is 1.53. The van der Waals surface area contributed by atoms with Crippen molar-refractivity contribution >= 4 is 35.0 Å². The first-order chi connectivity index (χ1) is 15.5. The number of hydrogen-bond donors (Lipinski definition) is 1. The summed E-state index contributed by atoms with van der Waals surface area (Å²) in [6, 6.07) is 18.1. The van der Waals surface area contributed by atoms with Gasteiger partial charge in [0.05, 0.1) is 16.2 Å². The number of para-hydroxylation sites is 2. The zero-order valence-corrected chi connectivity index (χ0v) is 17.1. The molecule has 0 radical (unpaired) electrons. The molecule has 0 fully saturated rings. The standard InChI is InChI=1S/C24H19N3O5/c1-2-26-20-5-3-4-6-22(20)32-21-13-10-17(15-19(21)24(26)29)25-23(28)14-9-16-7-11-18(12-8-16)27(30)31/h3-15H,2H2,1H3,(H,25,28)/b14-9+. The number of hydrogen-bond acceptors (Lipinski definition) is 5. The van der Waals surface area contributed by atoms with Gasteiger partial charge in [-0.3, -0.25) is 19.7 Å². The summed E-state index contributed by atoms with van der Waals surface area (Å²) in [5.74, 6) is 0.382. The molecular weight excluding hydrogens is 410 g/mol. The maximum Gasteiger partial charge on any atom is 0.269 e. The summed E-state index contributed by atoms with van der Waals surface area (Å²) >= 11 is 0. The van der Waals surface area contributed by atoms with E-state index in [2.05, 4.69) is 5.32 Å². The fraction of sp³-hybridized carbons (Fsp3) is 0.0833. The SMILES string of the molecule is CCN1C(=O)c2cc(NC(=O)/C=C/c3ccc([N+](=O)[O-])cc3)ccc2Oc2ccccc21. The van der Waals surface area contributed by atoms with Gasteiger partial charge in [-0.25, -0.2) is 0 Å². The van der Waals surface area contributed by atoms with Crippen molar-refractivity contribution in [2.45, 2.75) is 6.92 Å². The molecule has 4 rings (SSSR count). The van der Waals surface area contributed by atoms with Gasteiger partial charge in [0.1, 0.15) is 5.75 Å². The average Bonchev–Trinajstić information content (AvgIpc) is 2.91. The van der Waals surface area contributed by atoms with Gasteiger partial charge in [0.25, 0.3) is 11.6 Å². The first-order valence-corrected chi connectivity index (χ1v) is 9.92. The number of nitrogens with zero attached hydrogens (tertiary/aromatic N) is 2. The minimum absolute atomic E-state index is 0.0215. The first-order valence-electron chi connectivity index (χ1n) is 9.92. The molecule has 2 amide bonds. The number of rotatable bonds is 5. The highest BCUT2D eigenvalue weighted by Crippen LogP contribution is 2.39. The van der Waals surface area contributed by atoms with Gasteiger partial charge in [0.2, 0.25) is 5.91 Å². The molecule has 8 heteroatoms. The topological polar surface area (TPSA) is 102 Å². The predicted octanol–water partition coefficient (Wildman–Crippen LogP) is 5.02. The smallest absolute Gasteiger partial charge is 0.269 e. The third-order valence-corrected chi connectivity index (χ3v) is 4.95. The Hall–Kier alpha value is -4.46. The van der Waals surface area contributed by atoms with Crippen molar-refractivity contribution in [1.29, 1.82) is 0 Å². The van der Waals surface area contributed by atoms with Crippen LogP contribution >= 0.6 is 0 Å². The highest BCUT2D eigenvalue weighted by Gasteiger charge is 2.27. The number of non-ortho nitro benzene ring substituents is 1. The molecule has 1 heterocycles. The van der Waals surface area contributed by atoms with Crippen LogP contribution in [-0.4, -0.2) is 23.3 Å². The van der Waals surface area contributed by atoms with E-state index in [0.717, 1.165) is 0 Å². The van der Waals surface area contributed by atoms with Crippen LogP contribution in [0.2, 0.25) is 0 Å². The van der Waals surface area contributed by atoms with Gasteiger partial charge >= 0.3 is 0 Å². The molecule has 1 N–H and O–H groups in total. The molecule has 0 spiro atoms. The lowest BCUT2D eigenvalue weighted by molar-refractivity contribution is -0.384. The van der Waals surface area contributed by atoms with Crippen molar-refractivity contribution in [3.63, 3.8) is 0 Å². The predicted molar refractivity (Wildman–Crippen MR) is 121 cm³/mol. The molecule has 1 aliphatic heterocycles. The summed E-state index contributed by atoms with van der Waals surface area (Å²) in [5.41, 5.74) is 2.11. The number of nitrogens with one attached hydrogen (secondary N) is 1. The number of nitro groups is 1. The average molecular weight is 429 g/mol. The van der Waals surface area contributed by atoms with E-state index in [9.17, 15) is 19.7 Å². The summed E-state index contributed by atoms with van der Waals surface area (Å²) in [6.07, 6.45) is 2.87. The van der Waals surface area contributed by atoms with Gasteiger partial charge < -0.3 is 15.0 Å². The molecule has 0 saturated heterocycles. The third kappa shape index (κ3) is 4.20.